The number of carbonyl (C=O) groups excluding carboxylic acids is 4. The van der Waals surface area contributed by atoms with Gasteiger partial charge in [-0.25, -0.2) is 4.79 Å². The van der Waals surface area contributed by atoms with E-state index in [0.717, 1.165) is 0 Å². The maximum Gasteiger partial charge on any atom is 0.326 e. The number of carboxylic acids is 1. The van der Waals surface area contributed by atoms with E-state index in [9.17, 15) is 29.1 Å². The minimum Gasteiger partial charge on any atom is -0.480 e. The number of nitrogens with one attached hydrogen (secondary N) is 2. The summed E-state index contributed by atoms with van der Waals surface area (Å²) in [7, 11) is 0. The standard InChI is InChI=1S/C22H39N5O6/c1-5-13(4)18(22(32)33)26-19(29)15(11-12(2)3)25-20(30)16-7-6-10-27(16)21(31)14(23)8-9-17(24)28/h12-16,18H,5-11,23H2,1-4H3,(H2,24,28)(H,25,30)(H,26,29)(H,32,33). The molecule has 11 heteroatoms. The highest BCUT2D eigenvalue weighted by atomic mass is 16.4. The Balaban J connectivity index is 2.92. The van der Waals surface area contributed by atoms with Crippen molar-refractivity contribution in [2.45, 2.75) is 90.4 Å². The molecule has 0 bridgehead atoms. The first kappa shape index (κ1) is 28.3. The predicted molar refractivity (Wildman–Crippen MR) is 122 cm³/mol. The van der Waals surface area contributed by atoms with E-state index in [4.69, 9.17) is 11.5 Å². The molecule has 1 rings (SSSR count). The Kier molecular flexibility index (Phi) is 11.3. The van der Waals surface area contributed by atoms with Crippen LogP contribution in [0.15, 0.2) is 0 Å². The summed E-state index contributed by atoms with van der Waals surface area (Å²) in [5, 5.41) is 14.7. The van der Waals surface area contributed by atoms with Gasteiger partial charge in [-0.3, -0.25) is 19.2 Å². The molecule has 33 heavy (non-hydrogen) atoms. The topological polar surface area (TPSA) is 185 Å². The molecule has 1 heterocycles. The smallest absolute Gasteiger partial charge is 0.326 e. The van der Waals surface area contributed by atoms with Gasteiger partial charge in [0.15, 0.2) is 0 Å². The van der Waals surface area contributed by atoms with Crippen molar-refractivity contribution in [1.29, 1.82) is 0 Å². The zero-order valence-electron chi connectivity index (χ0n) is 20.0. The van der Waals surface area contributed by atoms with Crippen molar-refractivity contribution < 1.29 is 29.1 Å². The highest BCUT2D eigenvalue weighted by Crippen LogP contribution is 2.20. The zero-order valence-corrected chi connectivity index (χ0v) is 20.0. The second-order valence-electron chi connectivity index (χ2n) is 9.20. The van der Waals surface area contributed by atoms with E-state index in [0.29, 0.717) is 32.2 Å². The van der Waals surface area contributed by atoms with Crippen LogP contribution < -0.4 is 22.1 Å². The SMILES string of the molecule is CCC(C)C(NC(=O)C(CC(C)C)NC(=O)C1CCCN1C(=O)C(N)CCC(N)=O)C(=O)O. The highest BCUT2D eigenvalue weighted by molar-refractivity contribution is 5.94. The first-order valence-corrected chi connectivity index (χ1v) is 11.6. The minimum absolute atomic E-state index is 0.0326. The summed E-state index contributed by atoms with van der Waals surface area (Å²) >= 11 is 0. The van der Waals surface area contributed by atoms with Gasteiger partial charge >= 0.3 is 5.97 Å². The van der Waals surface area contributed by atoms with Crippen LogP contribution in [0.25, 0.3) is 0 Å². The Hall–Kier alpha value is -2.69. The first-order chi connectivity index (χ1) is 15.4. The Labute approximate surface area is 195 Å². The molecule has 0 radical (unpaired) electrons. The third-order valence-corrected chi connectivity index (χ3v) is 5.97. The maximum absolute atomic E-state index is 13.0. The second-order valence-corrected chi connectivity index (χ2v) is 9.20. The minimum atomic E-state index is -1.13. The average molecular weight is 470 g/mol. The van der Waals surface area contributed by atoms with Crippen molar-refractivity contribution in [3.05, 3.63) is 0 Å². The van der Waals surface area contributed by atoms with Gasteiger partial charge in [-0.1, -0.05) is 34.1 Å². The van der Waals surface area contributed by atoms with E-state index in [2.05, 4.69) is 10.6 Å². The summed E-state index contributed by atoms with van der Waals surface area (Å²) < 4.78 is 0. The molecule has 1 aliphatic rings. The molecule has 4 amide bonds. The monoisotopic (exact) mass is 469 g/mol. The van der Waals surface area contributed by atoms with Crippen LogP contribution in [-0.2, 0) is 24.0 Å². The quantitative estimate of drug-likeness (QED) is 0.245. The zero-order chi connectivity index (χ0) is 25.3. The fraction of sp³-hybridized carbons (Fsp3) is 0.773. The van der Waals surface area contributed by atoms with Gasteiger partial charge in [-0.2, -0.15) is 0 Å². The second kappa shape index (κ2) is 13.1. The maximum atomic E-state index is 13.0. The van der Waals surface area contributed by atoms with E-state index in [1.165, 1.54) is 4.90 Å². The highest BCUT2D eigenvalue weighted by Gasteiger charge is 2.38. The number of nitrogens with zero attached hydrogens (tertiary/aromatic N) is 1. The molecule has 5 unspecified atom stereocenters. The molecule has 11 nitrogen and oxygen atoms in total. The molecule has 0 aromatic rings. The lowest BCUT2D eigenvalue weighted by atomic mass is 9.97. The lowest BCUT2D eigenvalue weighted by Crippen LogP contribution is -2.57. The number of carboxylic acid groups (broad SMARTS) is 1. The number of hydrogen-bond donors (Lipinski definition) is 5. The summed E-state index contributed by atoms with van der Waals surface area (Å²) in [5.74, 6) is -3.43. The van der Waals surface area contributed by atoms with Gasteiger partial charge in [0.1, 0.15) is 18.1 Å². The molecule has 188 valence electrons. The number of hydrogen-bond acceptors (Lipinski definition) is 6. The summed E-state index contributed by atoms with van der Waals surface area (Å²) in [6, 6.07) is -3.75. The van der Waals surface area contributed by atoms with Crippen molar-refractivity contribution >= 4 is 29.6 Å². The van der Waals surface area contributed by atoms with Gasteiger partial charge in [0.25, 0.3) is 0 Å². The third kappa shape index (κ3) is 8.64. The van der Waals surface area contributed by atoms with E-state index >= 15 is 0 Å². The molecule has 1 fully saturated rings. The van der Waals surface area contributed by atoms with Gasteiger partial charge in [0.05, 0.1) is 6.04 Å². The van der Waals surface area contributed by atoms with Crippen molar-refractivity contribution in [1.82, 2.24) is 15.5 Å². The number of carbonyl (C=O) groups is 5. The Morgan fingerprint density at radius 3 is 2.27 bits per heavy atom. The fourth-order valence-corrected chi connectivity index (χ4v) is 3.85. The summed E-state index contributed by atoms with van der Waals surface area (Å²) in [4.78, 5) is 62.6. The van der Waals surface area contributed by atoms with Gasteiger partial charge in [-0.05, 0) is 37.5 Å². The van der Waals surface area contributed by atoms with E-state index in [1.54, 1.807) is 6.92 Å². The van der Waals surface area contributed by atoms with Crippen molar-refractivity contribution in [3.8, 4) is 0 Å². The third-order valence-electron chi connectivity index (χ3n) is 5.97. The van der Waals surface area contributed by atoms with Crippen LogP contribution in [-0.4, -0.2) is 70.3 Å². The van der Waals surface area contributed by atoms with Crippen LogP contribution in [0.1, 0.15) is 66.2 Å². The molecular weight excluding hydrogens is 430 g/mol. The molecule has 0 saturated carbocycles. The summed E-state index contributed by atoms with van der Waals surface area (Å²) in [6.45, 7) is 7.69. The number of nitrogens with two attached hydrogens (primary N) is 2. The van der Waals surface area contributed by atoms with E-state index in [1.807, 2.05) is 20.8 Å². The lowest BCUT2D eigenvalue weighted by molar-refractivity contribution is -0.144. The average Bonchev–Trinajstić information content (AvgIpc) is 3.23. The fourth-order valence-electron chi connectivity index (χ4n) is 3.85. The molecule has 0 aromatic carbocycles. The van der Waals surface area contributed by atoms with Crippen LogP contribution in [0.4, 0.5) is 0 Å². The van der Waals surface area contributed by atoms with Crippen LogP contribution in [0, 0.1) is 11.8 Å². The summed E-state index contributed by atoms with van der Waals surface area (Å²) in [6.07, 6.45) is 1.94. The number of amides is 4. The molecule has 5 atom stereocenters. The Morgan fingerprint density at radius 1 is 1.12 bits per heavy atom. The lowest BCUT2D eigenvalue weighted by Gasteiger charge is -2.29. The van der Waals surface area contributed by atoms with Crippen molar-refractivity contribution in [2.24, 2.45) is 23.3 Å². The number of rotatable bonds is 13. The van der Waals surface area contributed by atoms with Crippen LogP contribution in [0.5, 0.6) is 0 Å². The number of likely N-dealkylation sites (tertiary alicyclic amines) is 1. The largest absolute Gasteiger partial charge is 0.480 e. The number of primary amides is 1. The van der Waals surface area contributed by atoms with E-state index in [-0.39, 0.29) is 24.7 Å². The van der Waals surface area contributed by atoms with Crippen molar-refractivity contribution in [2.75, 3.05) is 6.54 Å². The summed E-state index contributed by atoms with van der Waals surface area (Å²) in [5.41, 5.74) is 11.0. The first-order valence-electron chi connectivity index (χ1n) is 11.6. The van der Waals surface area contributed by atoms with Crippen LogP contribution in [0.2, 0.25) is 0 Å². The molecule has 0 spiro atoms. The molecule has 0 aliphatic carbocycles. The van der Waals surface area contributed by atoms with Gasteiger partial charge < -0.3 is 32.1 Å². The molecular formula is C22H39N5O6. The Morgan fingerprint density at radius 2 is 1.76 bits per heavy atom. The van der Waals surface area contributed by atoms with E-state index < -0.39 is 53.8 Å². The predicted octanol–water partition coefficient (Wildman–Crippen LogP) is -0.283. The molecule has 1 aliphatic heterocycles. The molecule has 0 aromatic heterocycles. The van der Waals surface area contributed by atoms with Crippen molar-refractivity contribution in [3.63, 3.8) is 0 Å². The van der Waals surface area contributed by atoms with Gasteiger partial charge in [0, 0.05) is 13.0 Å². The number of aliphatic carboxylic acids is 1. The Bertz CT molecular complexity index is 728. The molecule has 7 N–H and O–H groups in total. The normalized spacial score (nSPS) is 19.5. The van der Waals surface area contributed by atoms with Gasteiger partial charge in [0.2, 0.25) is 23.6 Å². The van der Waals surface area contributed by atoms with Gasteiger partial charge in [-0.15, -0.1) is 0 Å². The van der Waals surface area contributed by atoms with Crippen LogP contribution >= 0.6 is 0 Å². The van der Waals surface area contributed by atoms with Crippen LogP contribution in [0.3, 0.4) is 0 Å². The molecule has 1 saturated heterocycles.